The van der Waals surface area contributed by atoms with Gasteiger partial charge in [-0.25, -0.2) is 0 Å². The van der Waals surface area contributed by atoms with Crippen LogP contribution in [0.1, 0.15) is 49.7 Å². The van der Waals surface area contributed by atoms with Gasteiger partial charge in [-0.05, 0) is 67.0 Å². The zero-order valence-corrected chi connectivity index (χ0v) is 16.8. The summed E-state index contributed by atoms with van der Waals surface area (Å²) < 4.78 is 10.4. The summed E-state index contributed by atoms with van der Waals surface area (Å²) in [5.41, 5.74) is 2.72. The van der Waals surface area contributed by atoms with Crippen LogP contribution >= 0.6 is 0 Å². The number of carbonyl (C=O) groups is 2. The van der Waals surface area contributed by atoms with E-state index in [1.54, 1.807) is 12.1 Å². The van der Waals surface area contributed by atoms with Gasteiger partial charge in [0.15, 0.2) is 11.5 Å². The molecule has 0 saturated heterocycles. The number of anilines is 1. The summed E-state index contributed by atoms with van der Waals surface area (Å²) >= 11 is 0. The van der Waals surface area contributed by atoms with Crippen LogP contribution in [-0.4, -0.2) is 30.2 Å². The molecule has 2 aromatic rings. The van der Waals surface area contributed by atoms with E-state index in [0.717, 1.165) is 36.9 Å². The predicted molar refractivity (Wildman–Crippen MR) is 110 cm³/mol. The molecule has 0 spiro atoms. The first-order valence-corrected chi connectivity index (χ1v) is 9.87. The first-order valence-electron chi connectivity index (χ1n) is 9.87. The van der Waals surface area contributed by atoms with Crippen molar-refractivity contribution in [2.75, 3.05) is 12.4 Å². The summed E-state index contributed by atoms with van der Waals surface area (Å²) in [6.07, 6.45) is 3.86. The molecule has 0 unspecified atom stereocenters. The molecule has 1 aliphatic carbocycles. The van der Waals surface area contributed by atoms with Crippen molar-refractivity contribution in [1.82, 2.24) is 0 Å². The highest BCUT2D eigenvalue weighted by Gasteiger charge is 2.24. The summed E-state index contributed by atoms with van der Waals surface area (Å²) in [6.45, 7) is 1.45. The van der Waals surface area contributed by atoms with Crippen LogP contribution in [0.4, 0.5) is 5.69 Å². The number of benzene rings is 2. The second kappa shape index (κ2) is 9.45. The highest BCUT2D eigenvalue weighted by molar-refractivity contribution is 5.92. The van der Waals surface area contributed by atoms with Crippen LogP contribution in [0.3, 0.4) is 0 Å². The Kier molecular flexibility index (Phi) is 6.75. The molecule has 29 heavy (non-hydrogen) atoms. The number of amides is 1. The Hall–Kier alpha value is -3.02. The molecule has 1 aliphatic rings. The number of nitrogens with one attached hydrogen (secondary N) is 1. The van der Waals surface area contributed by atoms with Crippen molar-refractivity contribution in [2.24, 2.45) is 0 Å². The predicted octanol–water partition coefficient (Wildman–Crippen LogP) is 4.17. The van der Waals surface area contributed by atoms with Gasteiger partial charge in [0, 0.05) is 12.6 Å². The highest BCUT2D eigenvalue weighted by atomic mass is 16.5. The quantitative estimate of drug-likeness (QED) is 0.715. The van der Waals surface area contributed by atoms with Crippen molar-refractivity contribution < 1.29 is 24.2 Å². The van der Waals surface area contributed by atoms with Gasteiger partial charge in [-0.3, -0.25) is 9.59 Å². The molecule has 0 atom stereocenters. The lowest BCUT2D eigenvalue weighted by Gasteiger charge is -2.28. The third-order valence-electron chi connectivity index (χ3n) is 5.26. The van der Waals surface area contributed by atoms with Crippen molar-refractivity contribution in [3.05, 3.63) is 53.6 Å². The van der Waals surface area contributed by atoms with E-state index < -0.39 is 0 Å². The molecule has 0 bridgehead atoms. The zero-order chi connectivity index (χ0) is 20.8. The maximum Gasteiger partial charge on any atom is 0.302 e. The van der Waals surface area contributed by atoms with Crippen molar-refractivity contribution in [3.8, 4) is 11.5 Å². The minimum absolute atomic E-state index is 0.0222. The number of ether oxygens (including phenoxy) is 2. The van der Waals surface area contributed by atoms with Crippen molar-refractivity contribution >= 4 is 17.6 Å². The third kappa shape index (κ3) is 5.73. The van der Waals surface area contributed by atoms with Gasteiger partial charge in [0.25, 0.3) is 0 Å². The van der Waals surface area contributed by atoms with Crippen molar-refractivity contribution in [2.45, 2.75) is 51.0 Å². The molecule has 0 radical (unpaired) electrons. The first-order chi connectivity index (χ1) is 13.9. The van der Waals surface area contributed by atoms with Crippen LogP contribution < -0.4 is 10.1 Å². The largest absolute Gasteiger partial charge is 0.504 e. The van der Waals surface area contributed by atoms with Gasteiger partial charge in [0.1, 0.15) is 6.10 Å². The number of phenolic OH excluding ortho intramolecular Hbond substituents is 1. The number of hydrogen-bond donors (Lipinski definition) is 2. The number of methoxy groups -OCH3 is 1. The van der Waals surface area contributed by atoms with Crippen molar-refractivity contribution in [1.29, 1.82) is 0 Å². The summed E-state index contributed by atoms with van der Waals surface area (Å²) in [4.78, 5) is 23.5. The van der Waals surface area contributed by atoms with Gasteiger partial charge >= 0.3 is 5.97 Å². The van der Waals surface area contributed by atoms with Gasteiger partial charge < -0.3 is 19.9 Å². The molecule has 1 amide bonds. The van der Waals surface area contributed by atoms with Crippen LogP contribution in [0, 0.1) is 0 Å². The zero-order valence-electron chi connectivity index (χ0n) is 16.8. The average molecular weight is 397 g/mol. The number of phenols is 1. The molecule has 2 aromatic carbocycles. The van der Waals surface area contributed by atoms with E-state index in [1.165, 1.54) is 25.7 Å². The average Bonchev–Trinajstić information content (AvgIpc) is 2.69. The van der Waals surface area contributed by atoms with E-state index in [0.29, 0.717) is 11.7 Å². The Labute approximate surface area is 170 Å². The number of aromatic hydroxyl groups is 1. The highest BCUT2D eigenvalue weighted by Crippen LogP contribution is 2.35. The Morgan fingerprint density at radius 3 is 2.55 bits per heavy atom. The fourth-order valence-electron chi connectivity index (χ4n) is 3.84. The van der Waals surface area contributed by atoms with Gasteiger partial charge in [-0.15, -0.1) is 0 Å². The molecular formula is C23H27NO5. The summed E-state index contributed by atoms with van der Waals surface area (Å²) in [5, 5.41) is 12.6. The fourth-order valence-corrected chi connectivity index (χ4v) is 3.84. The molecule has 1 saturated carbocycles. The number of rotatable bonds is 6. The van der Waals surface area contributed by atoms with E-state index in [9.17, 15) is 14.7 Å². The van der Waals surface area contributed by atoms with E-state index in [-0.39, 0.29) is 30.2 Å². The Bertz CT molecular complexity index is 871. The van der Waals surface area contributed by atoms with Gasteiger partial charge in [-0.1, -0.05) is 18.2 Å². The number of esters is 1. The Morgan fingerprint density at radius 1 is 1.10 bits per heavy atom. The van der Waals surface area contributed by atoms with Crippen LogP contribution in [-0.2, 0) is 20.7 Å². The molecule has 3 rings (SSSR count). The van der Waals surface area contributed by atoms with Crippen LogP contribution in [0.2, 0.25) is 0 Å². The standard InChI is InChI=1S/C23H27NO5/c1-15(25)29-20-9-7-17(8-10-20)18-4-3-5-19(14-18)24-23(27)13-16-6-11-21(26)22(12-16)28-2/h3-6,11-12,14,17,20,26H,7-10,13H2,1-2H3,(H,24,27)/t17-,20-. The number of hydrogen-bond acceptors (Lipinski definition) is 5. The van der Waals surface area contributed by atoms with E-state index >= 15 is 0 Å². The van der Waals surface area contributed by atoms with Gasteiger partial charge in [0.2, 0.25) is 5.91 Å². The molecule has 6 heteroatoms. The maximum atomic E-state index is 12.4. The second-order valence-electron chi connectivity index (χ2n) is 7.44. The van der Waals surface area contributed by atoms with Gasteiger partial charge in [0.05, 0.1) is 13.5 Å². The monoisotopic (exact) mass is 397 g/mol. The lowest BCUT2D eigenvalue weighted by Crippen LogP contribution is -2.22. The van der Waals surface area contributed by atoms with Gasteiger partial charge in [-0.2, -0.15) is 0 Å². The van der Waals surface area contributed by atoms with Crippen LogP contribution in [0.5, 0.6) is 11.5 Å². The fraction of sp³-hybridized carbons (Fsp3) is 0.391. The van der Waals surface area contributed by atoms with Crippen LogP contribution in [0.25, 0.3) is 0 Å². The molecule has 154 valence electrons. The smallest absolute Gasteiger partial charge is 0.302 e. The summed E-state index contributed by atoms with van der Waals surface area (Å²) in [7, 11) is 1.48. The molecule has 6 nitrogen and oxygen atoms in total. The molecule has 0 aliphatic heterocycles. The second-order valence-corrected chi connectivity index (χ2v) is 7.44. The minimum atomic E-state index is -0.218. The Balaban J connectivity index is 1.58. The summed E-state index contributed by atoms with van der Waals surface area (Å²) in [5.74, 6) is 0.451. The summed E-state index contributed by atoms with van der Waals surface area (Å²) in [6, 6.07) is 12.8. The van der Waals surface area contributed by atoms with E-state index in [1.807, 2.05) is 18.2 Å². The lowest BCUT2D eigenvalue weighted by atomic mass is 9.82. The van der Waals surface area contributed by atoms with Crippen LogP contribution in [0.15, 0.2) is 42.5 Å². The number of carbonyl (C=O) groups excluding carboxylic acids is 2. The SMILES string of the molecule is COc1cc(CC(=O)Nc2cccc([C@H]3CC[C@H](OC(C)=O)CC3)c2)ccc1O. The molecule has 0 aromatic heterocycles. The minimum Gasteiger partial charge on any atom is -0.504 e. The molecular weight excluding hydrogens is 370 g/mol. The van der Waals surface area contributed by atoms with E-state index in [2.05, 4.69) is 11.4 Å². The first kappa shape index (κ1) is 20.7. The molecule has 0 heterocycles. The van der Waals surface area contributed by atoms with Crippen molar-refractivity contribution in [3.63, 3.8) is 0 Å². The molecule has 2 N–H and O–H groups in total. The third-order valence-corrected chi connectivity index (χ3v) is 5.26. The maximum absolute atomic E-state index is 12.4. The Morgan fingerprint density at radius 2 is 1.86 bits per heavy atom. The topological polar surface area (TPSA) is 84.9 Å². The molecule has 1 fully saturated rings. The normalized spacial score (nSPS) is 18.7. The lowest BCUT2D eigenvalue weighted by molar-refractivity contribution is -0.147. The van der Waals surface area contributed by atoms with E-state index in [4.69, 9.17) is 9.47 Å².